The summed E-state index contributed by atoms with van der Waals surface area (Å²) in [4.78, 5) is 32.8. The van der Waals surface area contributed by atoms with E-state index in [-0.39, 0.29) is 28.9 Å². The molecule has 0 spiro atoms. The van der Waals surface area contributed by atoms with Gasteiger partial charge >= 0.3 is 5.97 Å². The smallest absolute Gasteiger partial charge is 0.308 e. The third kappa shape index (κ3) is 7.76. The van der Waals surface area contributed by atoms with Gasteiger partial charge in [0.15, 0.2) is 0 Å². The van der Waals surface area contributed by atoms with Crippen molar-refractivity contribution in [1.29, 1.82) is 0 Å². The van der Waals surface area contributed by atoms with Crippen LogP contribution < -0.4 is 4.74 Å². The number of carboxylic acid groups (broad SMARTS) is 1. The number of amides is 1. The van der Waals surface area contributed by atoms with Gasteiger partial charge in [-0.25, -0.2) is 0 Å². The summed E-state index contributed by atoms with van der Waals surface area (Å²) in [7, 11) is 1.59. The molecule has 1 fully saturated rings. The van der Waals surface area contributed by atoms with Crippen molar-refractivity contribution < 1.29 is 35.9 Å². The zero-order valence-electron chi connectivity index (χ0n) is 23.5. The molecule has 1 N–H and O–H groups in total. The summed E-state index contributed by atoms with van der Waals surface area (Å²) in [5.74, 6) is -1.19. The van der Waals surface area contributed by atoms with Crippen molar-refractivity contribution in [1.82, 2.24) is 4.90 Å². The maximum atomic E-state index is 13.5. The van der Waals surface area contributed by atoms with E-state index >= 15 is 0 Å². The molecular weight excluding hydrogens is 585 g/mol. The number of hydrogen-bond donors (Lipinski definition) is 1. The molecule has 7 nitrogen and oxygen atoms in total. The number of hydrogen-bond acceptors (Lipinski definition) is 5. The van der Waals surface area contributed by atoms with E-state index < -0.39 is 17.4 Å². The number of likely N-dealkylation sites (tertiary alicyclic amines) is 1. The Bertz CT molecular complexity index is 1370. The fourth-order valence-electron chi connectivity index (χ4n) is 5.20. The standard InChI is InChI=1S/C32H36ClN3O4.Ni/c1-4-36-18-8-17-32(36,2)31(39)35-28-16-13-25(33)20-27(28)29(23-9-6-5-7-10-23)34-21-24(30(37)38)19-22-11-14-26(40-3)15-12-22;/h5-7,9-16,20,24H,4,8,17-19,21H2,1-3H3,(H2,34,35,37,38,39);/p-1/t24-,32+;/m0./s1. The Morgan fingerprint density at radius 2 is 1.83 bits per heavy atom. The van der Waals surface area contributed by atoms with Crippen LogP contribution in [0, 0.1) is 5.92 Å². The molecular formula is C32H35ClN3NiO4-. The van der Waals surface area contributed by atoms with Crippen molar-refractivity contribution in [2.45, 2.75) is 38.6 Å². The number of nitrogens with zero attached hydrogens (tertiary/aromatic N) is 3. The number of carbonyl (C=O) groups excluding carboxylic acids is 1. The van der Waals surface area contributed by atoms with Crippen molar-refractivity contribution >= 4 is 34.9 Å². The Hall–Kier alpha value is -3.19. The van der Waals surface area contributed by atoms with E-state index in [0.717, 1.165) is 37.1 Å². The number of likely N-dealkylation sites (N-methyl/N-ethyl adjacent to an activating group) is 1. The first-order chi connectivity index (χ1) is 19.2. The number of benzene rings is 3. The van der Waals surface area contributed by atoms with Gasteiger partial charge < -0.3 is 20.0 Å². The summed E-state index contributed by atoms with van der Waals surface area (Å²) in [5.41, 5.74) is 2.58. The summed E-state index contributed by atoms with van der Waals surface area (Å²) in [6.45, 7) is 5.67. The molecule has 0 bridgehead atoms. The summed E-state index contributed by atoms with van der Waals surface area (Å²) in [5, 5.41) is 15.1. The Kier molecular flexibility index (Phi) is 11.5. The maximum absolute atomic E-state index is 13.5. The molecule has 0 saturated carbocycles. The average molecular weight is 620 g/mol. The SMILES string of the molecule is CCN1CCC[C@]1(C)C(=O)[N-]c1ccc(Cl)cc1C(=NC[C@H](Cc1ccc(OC)cc1)C(=O)O)c1ccccc1.[Ni]. The molecule has 1 aliphatic heterocycles. The molecule has 2 atom stereocenters. The van der Waals surface area contributed by atoms with Gasteiger partial charge in [0.25, 0.3) is 0 Å². The Labute approximate surface area is 256 Å². The van der Waals surface area contributed by atoms with Gasteiger partial charge in [0.2, 0.25) is 0 Å². The van der Waals surface area contributed by atoms with Gasteiger partial charge in [-0.2, -0.15) is 0 Å². The molecule has 1 amide bonds. The third-order valence-electron chi connectivity index (χ3n) is 7.58. The predicted molar refractivity (Wildman–Crippen MR) is 159 cm³/mol. The molecule has 1 heterocycles. The van der Waals surface area contributed by atoms with E-state index in [0.29, 0.717) is 34.2 Å². The van der Waals surface area contributed by atoms with Crippen LogP contribution in [0.2, 0.25) is 5.02 Å². The van der Waals surface area contributed by atoms with Gasteiger partial charge in [-0.3, -0.25) is 14.7 Å². The molecule has 0 unspecified atom stereocenters. The van der Waals surface area contributed by atoms with Crippen LogP contribution in [0.5, 0.6) is 5.75 Å². The number of methoxy groups -OCH3 is 1. The number of rotatable bonds is 11. The van der Waals surface area contributed by atoms with E-state index in [9.17, 15) is 14.7 Å². The van der Waals surface area contributed by atoms with E-state index in [2.05, 4.69) is 17.1 Å². The minimum Gasteiger partial charge on any atom is -0.625 e. The number of aliphatic imine (C=N–C) groups is 1. The van der Waals surface area contributed by atoms with Gasteiger partial charge in [-0.05, 0) is 74.7 Å². The van der Waals surface area contributed by atoms with Crippen molar-refractivity contribution in [3.8, 4) is 5.75 Å². The van der Waals surface area contributed by atoms with Crippen molar-refractivity contribution in [2.24, 2.45) is 10.9 Å². The van der Waals surface area contributed by atoms with E-state index in [1.54, 1.807) is 25.3 Å². The van der Waals surface area contributed by atoms with Crippen LogP contribution in [0.1, 0.15) is 43.4 Å². The van der Waals surface area contributed by atoms with E-state index in [1.807, 2.05) is 61.5 Å². The number of ether oxygens (including phenoxy) is 1. The fourth-order valence-corrected chi connectivity index (χ4v) is 5.37. The van der Waals surface area contributed by atoms with E-state index in [4.69, 9.17) is 21.3 Å². The second-order valence-corrected chi connectivity index (χ2v) is 10.6. The maximum Gasteiger partial charge on any atom is 0.308 e. The molecule has 4 rings (SSSR count). The molecule has 3 aromatic rings. The first-order valence-electron chi connectivity index (χ1n) is 13.5. The minimum absolute atomic E-state index is 0. The van der Waals surface area contributed by atoms with Crippen LogP contribution in [0.15, 0.2) is 77.8 Å². The summed E-state index contributed by atoms with van der Waals surface area (Å²) >= 11 is 6.44. The molecule has 0 aliphatic carbocycles. The summed E-state index contributed by atoms with van der Waals surface area (Å²) in [6.07, 6.45) is 2.00. The van der Waals surface area contributed by atoms with Crippen LogP contribution in [0.25, 0.3) is 5.32 Å². The average Bonchev–Trinajstić information content (AvgIpc) is 3.36. The summed E-state index contributed by atoms with van der Waals surface area (Å²) in [6, 6.07) is 22.0. The first kappa shape index (κ1) is 32.3. The zero-order chi connectivity index (χ0) is 28.7. The molecule has 0 aromatic heterocycles. The van der Waals surface area contributed by atoms with Gasteiger partial charge in [0.1, 0.15) is 5.75 Å². The normalized spacial score (nSPS) is 17.9. The quantitative estimate of drug-likeness (QED) is 0.195. The van der Waals surface area contributed by atoms with E-state index in [1.165, 1.54) is 0 Å². The third-order valence-corrected chi connectivity index (χ3v) is 7.81. The van der Waals surface area contributed by atoms with Crippen LogP contribution in [0.3, 0.4) is 0 Å². The second kappa shape index (κ2) is 14.6. The number of carbonyl (C=O) groups is 2. The largest absolute Gasteiger partial charge is 0.625 e. The van der Waals surface area contributed by atoms with Crippen LogP contribution in [-0.2, 0) is 32.5 Å². The minimum atomic E-state index is -0.938. The molecule has 0 radical (unpaired) electrons. The van der Waals surface area contributed by atoms with Gasteiger partial charge in [0.05, 0.1) is 36.7 Å². The molecule has 220 valence electrons. The molecule has 1 aliphatic rings. The molecule has 41 heavy (non-hydrogen) atoms. The van der Waals surface area contributed by atoms with Crippen molar-refractivity contribution in [2.75, 3.05) is 26.7 Å². The zero-order valence-corrected chi connectivity index (χ0v) is 25.2. The van der Waals surface area contributed by atoms with Crippen LogP contribution >= 0.6 is 11.6 Å². The van der Waals surface area contributed by atoms with Crippen LogP contribution in [-0.4, -0.2) is 59.9 Å². The Morgan fingerprint density at radius 3 is 2.46 bits per heavy atom. The first-order valence-corrected chi connectivity index (χ1v) is 13.9. The van der Waals surface area contributed by atoms with Gasteiger partial charge in [-0.1, -0.05) is 67.1 Å². The number of carboxylic acids is 1. The Morgan fingerprint density at radius 1 is 1.12 bits per heavy atom. The number of halogens is 1. The Balaban J connectivity index is 0.00000462. The van der Waals surface area contributed by atoms with Gasteiger partial charge in [0, 0.05) is 27.1 Å². The summed E-state index contributed by atoms with van der Waals surface area (Å²) < 4.78 is 5.21. The topological polar surface area (TPSA) is 93.3 Å². The van der Waals surface area contributed by atoms with Crippen molar-refractivity contribution in [3.05, 3.63) is 99.8 Å². The molecule has 1 saturated heterocycles. The monoisotopic (exact) mass is 618 g/mol. The van der Waals surface area contributed by atoms with Crippen molar-refractivity contribution in [3.63, 3.8) is 0 Å². The predicted octanol–water partition coefficient (Wildman–Crippen LogP) is 6.53. The van der Waals surface area contributed by atoms with Crippen LogP contribution in [0.4, 0.5) is 5.69 Å². The number of aliphatic carboxylic acids is 1. The molecule has 9 heteroatoms. The molecule has 3 aromatic carbocycles. The fraction of sp³-hybridized carbons (Fsp3) is 0.344. The second-order valence-electron chi connectivity index (χ2n) is 10.2. The van der Waals surface area contributed by atoms with Gasteiger partial charge in [-0.15, -0.1) is 5.69 Å².